The minimum atomic E-state index is -0.695. The van der Waals surface area contributed by atoms with Crippen LogP contribution in [0.3, 0.4) is 0 Å². The maximum Gasteiger partial charge on any atom is 0.283 e. The molecule has 1 aliphatic heterocycles. The molecule has 37 heavy (non-hydrogen) atoms. The highest BCUT2D eigenvalue weighted by atomic mass is 35.5. The third kappa shape index (κ3) is 5.01. The molecule has 0 saturated carbocycles. The highest BCUT2D eigenvalue weighted by molar-refractivity contribution is 6.53. The zero-order valence-corrected chi connectivity index (χ0v) is 21.8. The molecule has 0 unspecified atom stereocenters. The van der Waals surface area contributed by atoms with Crippen molar-refractivity contribution >= 4 is 46.4 Å². The van der Waals surface area contributed by atoms with E-state index in [1.165, 1.54) is 14.2 Å². The van der Waals surface area contributed by atoms with Gasteiger partial charge in [-0.15, -0.1) is 0 Å². The molecule has 2 N–H and O–H groups in total. The van der Waals surface area contributed by atoms with Crippen molar-refractivity contribution in [1.82, 2.24) is 0 Å². The molecule has 0 aliphatic carbocycles. The second-order valence-corrected chi connectivity index (χ2v) is 8.98. The van der Waals surface area contributed by atoms with E-state index in [0.717, 1.165) is 21.6 Å². The summed E-state index contributed by atoms with van der Waals surface area (Å²) >= 11 is 6.33. The lowest BCUT2D eigenvalue weighted by Gasteiger charge is -2.19. The maximum absolute atomic E-state index is 13.3. The Bertz CT molecular complexity index is 1460. The number of hydrogen-bond acceptors (Lipinski definition) is 6. The molecule has 1 heterocycles. The SMILES string of the molecule is COc1ccc(N2C(=O)C(Cl)=C(Nc3cc(C(=O)Nc4cc(C)ccc4C)ccc3C)C2=O)c(OC)c1. The van der Waals surface area contributed by atoms with E-state index in [1.54, 1.807) is 36.4 Å². The number of nitrogens with zero attached hydrogens (tertiary/aromatic N) is 1. The van der Waals surface area contributed by atoms with Crippen molar-refractivity contribution in [1.29, 1.82) is 0 Å². The molecule has 0 fully saturated rings. The van der Waals surface area contributed by atoms with Gasteiger partial charge in [-0.05, 0) is 67.8 Å². The highest BCUT2D eigenvalue weighted by Crippen LogP contribution is 2.38. The van der Waals surface area contributed by atoms with Crippen molar-refractivity contribution in [3.63, 3.8) is 0 Å². The Balaban J connectivity index is 1.61. The van der Waals surface area contributed by atoms with E-state index in [0.29, 0.717) is 22.7 Å². The molecular weight excluding hydrogens is 494 g/mol. The Hall–Kier alpha value is -4.30. The summed E-state index contributed by atoms with van der Waals surface area (Å²) in [5.41, 5.74) is 4.39. The fraction of sp³-hybridized carbons (Fsp3) is 0.179. The van der Waals surface area contributed by atoms with Gasteiger partial charge in [-0.1, -0.05) is 29.8 Å². The van der Waals surface area contributed by atoms with Gasteiger partial charge < -0.3 is 20.1 Å². The lowest BCUT2D eigenvalue weighted by Crippen LogP contribution is -2.32. The first-order chi connectivity index (χ1) is 17.6. The quantitative estimate of drug-likeness (QED) is 0.410. The third-order valence-electron chi connectivity index (χ3n) is 6.06. The van der Waals surface area contributed by atoms with Crippen molar-refractivity contribution in [2.24, 2.45) is 0 Å². The number of carbonyl (C=O) groups is 3. The number of carbonyl (C=O) groups excluding carboxylic acids is 3. The van der Waals surface area contributed by atoms with Crippen LogP contribution in [0.15, 0.2) is 65.3 Å². The topological polar surface area (TPSA) is 97.0 Å². The summed E-state index contributed by atoms with van der Waals surface area (Å²) in [7, 11) is 2.93. The van der Waals surface area contributed by atoms with Gasteiger partial charge in [0.1, 0.15) is 22.2 Å². The molecule has 0 spiro atoms. The summed E-state index contributed by atoms with van der Waals surface area (Å²) < 4.78 is 10.6. The number of anilines is 3. The standard InChI is InChI=1S/C28H26ClN3O5/c1-15-6-7-16(2)20(12-15)31-26(33)18-9-8-17(3)21(13-18)30-25-24(29)27(34)32(28(25)35)22-11-10-19(36-4)14-23(22)37-5/h6-14,30H,1-5H3,(H,31,33). The summed E-state index contributed by atoms with van der Waals surface area (Å²) in [5, 5.41) is 5.62. The van der Waals surface area contributed by atoms with E-state index < -0.39 is 11.8 Å². The predicted octanol–water partition coefficient (Wildman–Crippen LogP) is 5.32. The summed E-state index contributed by atoms with van der Waals surface area (Å²) in [6.07, 6.45) is 0. The van der Waals surface area contributed by atoms with Crippen molar-refractivity contribution in [2.45, 2.75) is 20.8 Å². The number of nitrogens with one attached hydrogen (secondary N) is 2. The number of aryl methyl sites for hydroxylation is 3. The predicted molar refractivity (Wildman–Crippen MR) is 144 cm³/mol. The van der Waals surface area contributed by atoms with E-state index >= 15 is 0 Å². The van der Waals surface area contributed by atoms with Gasteiger partial charge in [0, 0.05) is 23.0 Å². The van der Waals surface area contributed by atoms with Crippen molar-refractivity contribution in [3.05, 3.63) is 87.6 Å². The van der Waals surface area contributed by atoms with Crippen LogP contribution in [0, 0.1) is 20.8 Å². The van der Waals surface area contributed by atoms with E-state index in [2.05, 4.69) is 10.6 Å². The monoisotopic (exact) mass is 519 g/mol. The molecule has 0 atom stereocenters. The normalized spacial score (nSPS) is 13.2. The first kappa shape index (κ1) is 25.8. The number of imide groups is 1. The Morgan fingerprint density at radius 3 is 2.24 bits per heavy atom. The van der Waals surface area contributed by atoms with E-state index in [9.17, 15) is 14.4 Å². The molecule has 9 heteroatoms. The smallest absolute Gasteiger partial charge is 0.283 e. The van der Waals surface area contributed by atoms with Crippen LogP contribution in [0.5, 0.6) is 11.5 Å². The number of rotatable bonds is 7. The zero-order valence-electron chi connectivity index (χ0n) is 21.1. The van der Waals surface area contributed by atoms with Gasteiger partial charge in [-0.2, -0.15) is 0 Å². The Morgan fingerprint density at radius 1 is 0.838 bits per heavy atom. The molecule has 0 bridgehead atoms. The first-order valence-corrected chi connectivity index (χ1v) is 11.8. The van der Waals surface area contributed by atoms with Gasteiger partial charge in [0.05, 0.1) is 19.9 Å². The number of benzene rings is 3. The van der Waals surface area contributed by atoms with Gasteiger partial charge in [0.25, 0.3) is 17.7 Å². The van der Waals surface area contributed by atoms with Crippen molar-refractivity contribution in [2.75, 3.05) is 29.8 Å². The van der Waals surface area contributed by atoms with Crippen molar-refractivity contribution < 1.29 is 23.9 Å². The van der Waals surface area contributed by atoms with Gasteiger partial charge in [0.15, 0.2) is 0 Å². The Morgan fingerprint density at radius 2 is 1.54 bits per heavy atom. The molecule has 0 aromatic heterocycles. The molecule has 1 aliphatic rings. The van der Waals surface area contributed by atoms with Crippen LogP contribution in [0.1, 0.15) is 27.0 Å². The molecular formula is C28H26ClN3O5. The number of ether oxygens (including phenoxy) is 2. The molecule has 4 rings (SSSR count). The average Bonchev–Trinajstić information content (AvgIpc) is 3.09. The van der Waals surface area contributed by atoms with Gasteiger partial charge in [0.2, 0.25) is 0 Å². The summed E-state index contributed by atoms with van der Waals surface area (Å²) in [5.74, 6) is -0.880. The fourth-order valence-corrected chi connectivity index (χ4v) is 4.11. The van der Waals surface area contributed by atoms with E-state index in [-0.39, 0.29) is 28.1 Å². The minimum Gasteiger partial charge on any atom is -0.497 e. The van der Waals surface area contributed by atoms with Crippen molar-refractivity contribution in [3.8, 4) is 11.5 Å². The van der Waals surface area contributed by atoms with E-state index in [1.807, 2.05) is 39.0 Å². The summed E-state index contributed by atoms with van der Waals surface area (Å²) in [4.78, 5) is 40.2. The second-order valence-electron chi connectivity index (χ2n) is 8.60. The number of hydrogen-bond donors (Lipinski definition) is 2. The van der Waals surface area contributed by atoms with Gasteiger partial charge in [-0.3, -0.25) is 14.4 Å². The van der Waals surface area contributed by atoms with Gasteiger partial charge >= 0.3 is 0 Å². The number of halogens is 1. The molecule has 0 saturated heterocycles. The molecule has 190 valence electrons. The third-order valence-corrected chi connectivity index (χ3v) is 6.41. The van der Waals surface area contributed by atoms with Gasteiger partial charge in [-0.25, -0.2) is 4.90 Å². The van der Waals surface area contributed by atoms with Crippen LogP contribution in [0.25, 0.3) is 0 Å². The summed E-state index contributed by atoms with van der Waals surface area (Å²) in [6, 6.07) is 15.6. The molecule has 8 nitrogen and oxygen atoms in total. The molecule has 3 aromatic carbocycles. The Kier molecular flexibility index (Phi) is 7.22. The number of methoxy groups -OCH3 is 2. The Labute approximate surface area is 219 Å². The first-order valence-electron chi connectivity index (χ1n) is 11.4. The average molecular weight is 520 g/mol. The lowest BCUT2D eigenvalue weighted by atomic mass is 10.1. The van der Waals surface area contributed by atoms with Crippen LogP contribution in [-0.4, -0.2) is 31.9 Å². The lowest BCUT2D eigenvalue weighted by molar-refractivity contribution is -0.120. The molecule has 3 aromatic rings. The highest BCUT2D eigenvalue weighted by Gasteiger charge is 2.40. The van der Waals surface area contributed by atoms with Crippen LogP contribution in [0.4, 0.5) is 17.1 Å². The minimum absolute atomic E-state index is 0.0975. The van der Waals surface area contributed by atoms with Crippen LogP contribution in [0.2, 0.25) is 0 Å². The summed E-state index contributed by atoms with van der Waals surface area (Å²) in [6.45, 7) is 5.68. The molecule has 0 radical (unpaired) electrons. The van der Waals surface area contributed by atoms with Crippen LogP contribution >= 0.6 is 11.6 Å². The fourth-order valence-electron chi connectivity index (χ4n) is 3.90. The van der Waals surface area contributed by atoms with Crippen LogP contribution in [-0.2, 0) is 9.59 Å². The zero-order chi connectivity index (χ0) is 26.9. The van der Waals surface area contributed by atoms with E-state index in [4.69, 9.17) is 21.1 Å². The largest absolute Gasteiger partial charge is 0.497 e. The molecule has 3 amide bonds. The van der Waals surface area contributed by atoms with Crippen LogP contribution < -0.4 is 25.0 Å². The maximum atomic E-state index is 13.3. The second kappa shape index (κ2) is 10.4. The number of amides is 3.